The number of ether oxygens (including phenoxy) is 2. The third kappa shape index (κ3) is 6.84. The SMILES string of the molecule is O=C(Nc1cnccn1)N1CCC(Oc2cccc(OCCc3ccccc3C(F)(F)F)c2)CC1. The number of carbonyl (C=O) groups excluding carboxylic acids is 1. The number of carbonyl (C=O) groups is 1. The van der Waals surface area contributed by atoms with E-state index < -0.39 is 11.7 Å². The maximum absolute atomic E-state index is 13.2. The van der Waals surface area contributed by atoms with Gasteiger partial charge in [0.1, 0.15) is 17.6 Å². The summed E-state index contributed by atoms with van der Waals surface area (Å²) in [4.78, 5) is 22.0. The normalized spacial score (nSPS) is 14.4. The zero-order valence-corrected chi connectivity index (χ0v) is 18.9. The number of nitrogens with zero attached hydrogens (tertiary/aromatic N) is 3. The van der Waals surface area contributed by atoms with Crippen molar-refractivity contribution in [2.24, 2.45) is 0 Å². The first-order valence-electron chi connectivity index (χ1n) is 11.2. The topological polar surface area (TPSA) is 76.6 Å². The van der Waals surface area contributed by atoms with Crippen molar-refractivity contribution in [1.82, 2.24) is 14.9 Å². The first-order valence-corrected chi connectivity index (χ1v) is 11.2. The van der Waals surface area contributed by atoms with Gasteiger partial charge in [-0.15, -0.1) is 0 Å². The minimum absolute atomic E-state index is 0.0653. The molecule has 10 heteroatoms. The Morgan fingerprint density at radius 2 is 1.83 bits per heavy atom. The molecular formula is C25H25F3N4O3. The number of nitrogens with one attached hydrogen (secondary N) is 1. The second-order valence-electron chi connectivity index (χ2n) is 8.05. The van der Waals surface area contributed by atoms with Crippen molar-refractivity contribution >= 4 is 11.8 Å². The molecule has 2 aromatic carbocycles. The molecule has 0 bridgehead atoms. The lowest BCUT2D eigenvalue weighted by Crippen LogP contribution is -2.43. The lowest BCUT2D eigenvalue weighted by Gasteiger charge is -2.32. The highest BCUT2D eigenvalue weighted by molar-refractivity contribution is 5.88. The Labute approximate surface area is 200 Å². The van der Waals surface area contributed by atoms with Gasteiger partial charge in [-0.05, 0) is 23.8 Å². The van der Waals surface area contributed by atoms with Gasteiger partial charge in [0.2, 0.25) is 0 Å². The molecule has 0 unspecified atom stereocenters. The molecule has 0 atom stereocenters. The monoisotopic (exact) mass is 486 g/mol. The van der Waals surface area contributed by atoms with E-state index in [9.17, 15) is 18.0 Å². The molecule has 4 rings (SSSR count). The third-order valence-electron chi connectivity index (χ3n) is 5.60. The van der Waals surface area contributed by atoms with Gasteiger partial charge in [0.25, 0.3) is 0 Å². The highest BCUT2D eigenvalue weighted by Gasteiger charge is 2.32. The Morgan fingerprint density at radius 1 is 1.06 bits per heavy atom. The maximum atomic E-state index is 13.2. The largest absolute Gasteiger partial charge is 0.493 e. The van der Waals surface area contributed by atoms with Crippen molar-refractivity contribution in [1.29, 1.82) is 0 Å². The summed E-state index contributed by atoms with van der Waals surface area (Å²) < 4.78 is 51.2. The number of hydrogen-bond acceptors (Lipinski definition) is 5. The fourth-order valence-corrected chi connectivity index (χ4v) is 3.85. The van der Waals surface area contributed by atoms with Crippen LogP contribution in [0.5, 0.6) is 11.5 Å². The second-order valence-corrected chi connectivity index (χ2v) is 8.05. The molecule has 1 N–H and O–H groups in total. The molecule has 0 saturated carbocycles. The van der Waals surface area contributed by atoms with E-state index in [4.69, 9.17) is 9.47 Å². The number of hydrogen-bond donors (Lipinski definition) is 1. The third-order valence-corrected chi connectivity index (χ3v) is 5.60. The zero-order valence-electron chi connectivity index (χ0n) is 18.9. The Morgan fingerprint density at radius 3 is 2.57 bits per heavy atom. The minimum atomic E-state index is -4.39. The van der Waals surface area contributed by atoms with Crippen LogP contribution in [0, 0.1) is 0 Å². The number of anilines is 1. The van der Waals surface area contributed by atoms with Gasteiger partial charge in [-0.2, -0.15) is 13.2 Å². The van der Waals surface area contributed by atoms with Gasteiger partial charge in [-0.3, -0.25) is 10.3 Å². The number of halogens is 3. The van der Waals surface area contributed by atoms with Crippen LogP contribution in [-0.2, 0) is 12.6 Å². The van der Waals surface area contributed by atoms with E-state index in [-0.39, 0.29) is 30.7 Å². The second kappa shape index (κ2) is 11.1. The summed E-state index contributed by atoms with van der Waals surface area (Å²) in [6.07, 6.45) is 1.52. The fraction of sp³-hybridized carbons (Fsp3) is 0.320. The summed E-state index contributed by atoms with van der Waals surface area (Å²) in [5.74, 6) is 1.53. The summed E-state index contributed by atoms with van der Waals surface area (Å²) in [6.45, 7) is 1.17. The van der Waals surface area contributed by atoms with E-state index in [1.165, 1.54) is 30.7 Å². The highest BCUT2D eigenvalue weighted by Crippen LogP contribution is 2.32. The van der Waals surface area contributed by atoms with Crippen LogP contribution in [0.25, 0.3) is 0 Å². The van der Waals surface area contributed by atoms with E-state index in [2.05, 4.69) is 15.3 Å². The summed E-state index contributed by atoms with van der Waals surface area (Å²) in [5, 5.41) is 2.72. The molecule has 1 saturated heterocycles. The van der Waals surface area contributed by atoms with Gasteiger partial charge in [0, 0.05) is 50.8 Å². The van der Waals surface area contributed by atoms with E-state index >= 15 is 0 Å². The van der Waals surface area contributed by atoms with Crippen molar-refractivity contribution in [3.8, 4) is 11.5 Å². The van der Waals surface area contributed by atoms with Crippen molar-refractivity contribution in [2.75, 3.05) is 25.0 Å². The van der Waals surface area contributed by atoms with Crippen LogP contribution in [-0.4, -0.2) is 46.7 Å². The predicted octanol–water partition coefficient (Wildman–Crippen LogP) is 5.19. The minimum Gasteiger partial charge on any atom is -0.493 e. The Balaban J connectivity index is 1.25. The highest BCUT2D eigenvalue weighted by atomic mass is 19.4. The molecule has 0 radical (unpaired) electrons. The Kier molecular flexibility index (Phi) is 7.69. The molecule has 0 spiro atoms. The van der Waals surface area contributed by atoms with Gasteiger partial charge in [0.15, 0.2) is 5.82 Å². The number of amides is 2. The van der Waals surface area contributed by atoms with Crippen LogP contribution in [0.2, 0.25) is 0 Å². The summed E-state index contributed by atoms with van der Waals surface area (Å²) in [5.41, 5.74) is -0.445. The number of alkyl halides is 3. The van der Waals surface area contributed by atoms with Crippen LogP contribution in [0.1, 0.15) is 24.0 Å². The molecular weight excluding hydrogens is 461 g/mol. The number of aromatic nitrogens is 2. The molecule has 7 nitrogen and oxygen atoms in total. The molecule has 3 aromatic rings. The van der Waals surface area contributed by atoms with E-state index in [0.29, 0.717) is 43.2 Å². The Hall–Kier alpha value is -3.82. The fourth-order valence-electron chi connectivity index (χ4n) is 3.85. The van der Waals surface area contributed by atoms with Gasteiger partial charge >= 0.3 is 12.2 Å². The average Bonchev–Trinajstić information content (AvgIpc) is 2.85. The van der Waals surface area contributed by atoms with E-state index in [0.717, 1.165) is 6.07 Å². The van der Waals surface area contributed by atoms with Crippen LogP contribution in [0.3, 0.4) is 0 Å². The molecule has 35 heavy (non-hydrogen) atoms. The quantitative estimate of drug-likeness (QED) is 0.497. The number of rotatable bonds is 7. The summed E-state index contributed by atoms with van der Waals surface area (Å²) in [6, 6.07) is 12.3. The lowest BCUT2D eigenvalue weighted by molar-refractivity contribution is -0.138. The first kappa shape index (κ1) is 24.3. The Bertz CT molecular complexity index is 1120. The smallest absolute Gasteiger partial charge is 0.416 e. The van der Waals surface area contributed by atoms with E-state index in [1.54, 1.807) is 35.2 Å². The summed E-state index contributed by atoms with van der Waals surface area (Å²) in [7, 11) is 0. The molecule has 0 aliphatic carbocycles. The molecule has 1 aromatic heterocycles. The molecule has 1 fully saturated rings. The van der Waals surface area contributed by atoms with Crippen molar-refractivity contribution in [3.05, 3.63) is 78.2 Å². The average molecular weight is 486 g/mol. The first-order chi connectivity index (χ1) is 16.9. The number of benzene rings is 2. The van der Waals surface area contributed by atoms with Gasteiger partial charge in [-0.1, -0.05) is 24.3 Å². The summed E-state index contributed by atoms with van der Waals surface area (Å²) >= 11 is 0. The van der Waals surface area contributed by atoms with Gasteiger partial charge in [0.05, 0.1) is 18.4 Å². The standard InChI is InChI=1S/C25H25F3N4O3/c26-25(27,28)22-7-2-1-4-18(22)10-15-34-20-5-3-6-21(16-20)35-19-8-13-32(14-9-19)24(33)31-23-17-29-11-12-30-23/h1-7,11-12,16-17,19H,8-10,13-15H2,(H,30,31,33). The molecule has 1 aliphatic rings. The lowest BCUT2D eigenvalue weighted by atomic mass is 10.0. The zero-order chi connectivity index (χ0) is 24.7. The van der Waals surface area contributed by atoms with Crippen molar-refractivity contribution in [3.63, 3.8) is 0 Å². The predicted molar refractivity (Wildman–Crippen MR) is 123 cm³/mol. The van der Waals surface area contributed by atoms with Crippen LogP contribution in [0.4, 0.5) is 23.8 Å². The van der Waals surface area contributed by atoms with Crippen molar-refractivity contribution < 1.29 is 27.4 Å². The molecule has 184 valence electrons. The van der Waals surface area contributed by atoms with Crippen LogP contribution in [0.15, 0.2) is 67.1 Å². The number of likely N-dealkylation sites (tertiary alicyclic amines) is 1. The maximum Gasteiger partial charge on any atom is 0.416 e. The number of urea groups is 1. The molecule has 2 heterocycles. The van der Waals surface area contributed by atoms with E-state index in [1.807, 2.05) is 0 Å². The molecule has 1 aliphatic heterocycles. The molecule has 2 amide bonds. The van der Waals surface area contributed by atoms with Crippen molar-refractivity contribution in [2.45, 2.75) is 31.5 Å². The van der Waals surface area contributed by atoms with Crippen LogP contribution >= 0.6 is 0 Å². The van der Waals surface area contributed by atoms with Gasteiger partial charge in [-0.25, -0.2) is 9.78 Å². The van der Waals surface area contributed by atoms with Crippen LogP contribution < -0.4 is 14.8 Å². The van der Waals surface area contributed by atoms with Gasteiger partial charge < -0.3 is 14.4 Å². The number of piperidine rings is 1.